The van der Waals surface area contributed by atoms with E-state index in [0.717, 1.165) is 0 Å². The van der Waals surface area contributed by atoms with Crippen molar-refractivity contribution in [3.8, 4) is 23.0 Å². The maximum absolute atomic E-state index is 11.8. The molecular weight excluding hydrogens is 288 g/mol. The van der Waals surface area contributed by atoms with Gasteiger partial charge in [-0.3, -0.25) is 4.79 Å². The van der Waals surface area contributed by atoms with Gasteiger partial charge < -0.3 is 24.1 Å². The highest BCUT2D eigenvalue weighted by Crippen LogP contribution is 2.39. The smallest absolute Gasteiger partial charge is 0.315 e. The first-order valence-corrected chi connectivity index (χ1v) is 6.74. The summed E-state index contributed by atoms with van der Waals surface area (Å²) >= 11 is 0. The molecule has 112 valence electrons. The molecule has 0 atom stereocenters. The van der Waals surface area contributed by atoms with E-state index in [1.807, 2.05) is 0 Å². The van der Waals surface area contributed by atoms with E-state index >= 15 is 0 Å². The number of benzene rings is 2. The molecule has 0 radical (unpaired) electrons. The molecule has 0 saturated heterocycles. The van der Waals surface area contributed by atoms with Gasteiger partial charge in [0.25, 0.3) is 0 Å². The Kier molecular flexibility index (Phi) is 2.82. The summed E-state index contributed by atoms with van der Waals surface area (Å²) in [7, 11) is 0. The van der Waals surface area contributed by atoms with Gasteiger partial charge in [-0.15, -0.1) is 0 Å². The molecule has 0 amide bonds. The van der Waals surface area contributed by atoms with E-state index in [-0.39, 0.29) is 13.6 Å². The number of carboxylic acids is 1. The number of aliphatic carboxylic acids is 1. The summed E-state index contributed by atoms with van der Waals surface area (Å²) < 4.78 is 21.1. The molecule has 2 aliphatic heterocycles. The first kappa shape index (κ1) is 12.8. The Labute approximate surface area is 125 Å². The van der Waals surface area contributed by atoms with Crippen LogP contribution in [0.4, 0.5) is 0 Å². The second-order valence-electron chi connectivity index (χ2n) is 5.00. The molecule has 0 aliphatic carbocycles. The molecule has 6 heteroatoms. The lowest BCUT2D eigenvalue weighted by molar-refractivity contribution is -0.137. The molecule has 2 aromatic carbocycles. The van der Waals surface area contributed by atoms with Gasteiger partial charge in [-0.25, -0.2) is 0 Å². The molecule has 0 aromatic heterocycles. The number of ether oxygens (including phenoxy) is 4. The average Bonchev–Trinajstić information content (AvgIpc) is 3.14. The zero-order valence-electron chi connectivity index (χ0n) is 11.4. The third-order valence-electron chi connectivity index (χ3n) is 3.71. The number of hydrogen-bond donors (Lipinski definition) is 1. The molecule has 2 heterocycles. The fourth-order valence-electron chi connectivity index (χ4n) is 2.66. The summed E-state index contributed by atoms with van der Waals surface area (Å²) in [6.07, 6.45) is 0. The second kappa shape index (κ2) is 4.84. The Morgan fingerprint density at radius 1 is 0.818 bits per heavy atom. The van der Waals surface area contributed by atoms with Crippen LogP contribution in [0, 0.1) is 0 Å². The van der Waals surface area contributed by atoms with Crippen LogP contribution in [0.1, 0.15) is 17.0 Å². The lowest BCUT2D eigenvalue weighted by Gasteiger charge is -2.14. The molecule has 6 nitrogen and oxygen atoms in total. The number of carboxylic acid groups (broad SMARTS) is 1. The summed E-state index contributed by atoms with van der Waals surface area (Å²) in [6, 6.07) is 10.3. The number of rotatable bonds is 3. The van der Waals surface area contributed by atoms with E-state index in [9.17, 15) is 9.90 Å². The fourth-order valence-corrected chi connectivity index (χ4v) is 2.66. The van der Waals surface area contributed by atoms with Crippen molar-refractivity contribution in [2.24, 2.45) is 0 Å². The maximum Gasteiger partial charge on any atom is 0.315 e. The summed E-state index contributed by atoms with van der Waals surface area (Å²) in [4.78, 5) is 11.8. The van der Waals surface area contributed by atoms with E-state index < -0.39 is 11.9 Å². The predicted octanol–water partition coefficient (Wildman–Crippen LogP) is 2.36. The van der Waals surface area contributed by atoms with Crippen molar-refractivity contribution >= 4 is 5.97 Å². The van der Waals surface area contributed by atoms with Gasteiger partial charge in [-0.05, 0) is 35.4 Å². The van der Waals surface area contributed by atoms with E-state index in [2.05, 4.69) is 0 Å². The fraction of sp³-hybridized carbons (Fsp3) is 0.188. The highest BCUT2D eigenvalue weighted by Gasteiger charge is 2.27. The zero-order valence-corrected chi connectivity index (χ0v) is 11.4. The normalized spacial score (nSPS) is 14.4. The molecule has 22 heavy (non-hydrogen) atoms. The van der Waals surface area contributed by atoms with E-state index in [1.54, 1.807) is 36.4 Å². The first-order chi connectivity index (χ1) is 10.7. The molecule has 1 N–H and O–H groups in total. The minimum atomic E-state index is -0.947. The van der Waals surface area contributed by atoms with Gasteiger partial charge in [-0.2, -0.15) is 0 Å². The molecule has 0 bridgehead atoms. The monoisotopic (exact) mass is 300 g/mol. The quantitative estimate of drug-likeness (QED) is 0.938. The van der Waals surface area contributed by atoms with Crippen LogP contribution in [0.3, 0.4) is 0 Å². The van der Waals surface area contributed by atoms with Crippen molar-refractivity contribution in [2.75, 3.05) is 13.6 Å². The van der Waals surface area contributed by atoms with Gasteiger partial charge in [0, 0.05) is 0 Å². The average molecular weight is 300 g/mol. The van der Waals surface area contributed by atoms with Gasteiger partial charge in [-0.1, -0.05) is 12.1 Å². The van der Waals surface area contributed by atoms with Crippen molar-refractivity contribution in [1.29, 1.82) is 0 Å². The first-order valence-electron chi connectivity index (χ1n) is 6.74. The highest BCUT2D eigenvalue weighted by atomic mass is 16.7. The van der Waals surface area contributed by atoms with Crippen LogP contribution in [0.2, 0.25) is 0 Å². The van der Waals surface area contributed by atoms with Crippen LogP contribution in [-0.4, -0.2) is 24.7 Å². The standard InChI is InChI=1S/C16H12O6/c17-16(18)15(9-1-3-11-13(5-9)21-7-19-11)10-2-4-12-14(6-10)22-8-20-12/h1-6,15H,7-8H2,(H,17,18). The summed E-state index contributed by atoms with van der Waals surface area (Å²) in [5, 5.41) is 9.63. The predicted molar refractivity (Wildman–Crippen MR) is 74.6 cm³/mol. The van der Waals surface area contributed by atoms with Crippen LogP contribution >= 0.6 is 0 Å². The molecule has 0 saturated carbocycles. The second-order valence-corrected chi connectivity index (χ2v) is 5.00. The molecule has 2 aliphatic rings. The number of hydrogen-bond acceptors (Lipinski definition) is 5. The van der Waals surface area contributed by atoms with Gasteiger partial charge in [0.15, 0.2) is 23.0 Å². The molecule has 0 unspecified atom stereocenters. The topological polar surface area (TPSA) is 74.2 Å². The van der Waals surface area contributed by atoms with Gasteiger partial charge in [0.1, 0.15) is 5.92 Å². The lowest BCUT2D eigenvalue weighted by atomic mass is 9.91. The van der Waals surface area contributed by atoms with E-state index in [4.69, 9.17) is 18.9 Å². The lowest BCUT2D eigenvalue weighted by Crippen LogP contribution is -2.13. The van der Waals surface area contributed by atoms with Crippen LogP contribution in [-0.2, 0) is 4.79 Å². The van der Waals surface area contributed by atoms with Crippen LogP contribution in [0.15, 0.2) is 36.4 Å². The van der Waals surface area contributed by atoms with E-state index in [1.165, 1.54) is 0 Å². The summed E-state index contributed by atoms with van der Waals surface area (Å²) in [6.45, 7) is 0.307. The van der Waals surface area contributed by atoms with Crippen molar-refractivity contribution in [3.63, 3.8) is 0 Å². The van der Waals surface area contributed by atoms with Gasteiger partial charge >= 0.3 is 5.97 Å². The minimum absolute atomic E-state index is 0.153. The van der Waals surface area contributed by atoms with Crippen LogP contribution < -0.4 is 18.9 Å². The van der Waals surface area contributed by atoms with Gasteiger partial charge in [0.05, 0.1) is 0 Å². The van der Waals surface area contributed by atoms with Crippen LogP contribution in [0.25, 0.3) is 0 Å². The third kappa shape index (κ3) is 2.00. The molecule has 0 spiro atoms. The van der Waals surface area contributed by atoms with Crippen molar-refractivity contribution in [2.45, 2.75) is 5.92 Å². The van der Waals surface area contributed by atoms with Crippen LogP contribution in [0.5, 0.6) is 23.0 Å². The van der Waals surface area contributed by atoms with Crippen molar-refractivity contribution < 1.29 is 28.8 Å². The molecule has 0 fully saturated rings. The largest absolute Gasteiger partial charge is 0.481 e. The molecule has 2 aromatic rings. The minimum Gasteiger partial charge on any atom is -0.481 e. The Hall–Kier alpha value is -2.89. The molecule has 4 rings (SSSR count). The third-order valence-corrected chi connectivity index (χ3v) is 3.71. The number of fused-ring (bicyclic) bond motifs is 2. The van der Waals surface area contributed by atoms with Crippen molar-refractivity contribution in [1.82, 2.24) is 0 Å². The van der Waals surface area contributed by atoms with Gasteiger partial charge in [0.2, 0.25) is 13.6 Å². The number of carbonyl (C=O) groups is 1. The Balaban J connectivity index is 1.76. The Morgan fingerprint density at radius 2 is 1.27 bits per heavy atom. The van der Waals surface area contributed by atoms with E-state index in [0.29, 0.717) is 34.1 Å². The summed E-state index contributed by atoms with van der Waals surface area (Å²) in [5.74, 6) is 0.605. The molecular formula is C16H12O6. The summed E-state index contributed by atoms with van der Waals surface area (Å²) in [5.41, 5.74) is 1.24. The maximum atomic E-state index is 11.8. The van der Waals surface area contributed by atoms with Crippen molar-refractivity contribution in [3.05, 3.63) is 47.5 Å². The Bertz CT molecular complexity index is 697. The SMILES string of the molecule is O=C(O)C(c1ccc2c(c1)OCO2)c1ccc2c(c1)OCO2. The zero-order chi connectivity index (χ0) is 15.1. The Morgan fingerprint density at radius 3 is 1.73 bits per heavy atom. The highest BCUT2D eigenvalue weighted by molar-refractivity contribution is 5.81.